The minimum atomic E-state index is 0.712. The number of hydrogen-bond acceptors (Lipinski definition) is 7. The summed E-state index contributed by atoms with van der Waals surface area (Å²) in [6.45, 7) is 0. The van der Waals surface area contributed by atoms with Crippen LogP contribution in [0.1, 0.15) is 5.69 Å². The SMILES string of the molecule is COc1ccccc1-c1nc(CSc2nnc(-c3ccccc3OC)n2C)cs1. The summed E-state index contributed by atoms with van der Waals surface area (Å²) in [4.78, 5) is 4.77. The number of rotatable bonds is 7. The molecule has 0 aliphatic carbocycles. The number of methoxy groups -OCH3 is 2. The van der Waals surface area contributed by atoms with Crippen molar-refractivity contribution in [2.24, 2.45) is 7.05 Å². The minimum absolute atomic E-state index is 0.712. The summed E-state index contributed by atoms with van der Waals surface area (Å²) in [5.41, 5.74) is 2.93. The molecule has 148 valence electrons. The normalized spacial score (nSPS) is 10.9. The first-order valence-electron chi connectivity index (χ1n) is 8.94. The van der Waals surface area contributed by atoms with Crippen molar-refractivity contribution in [1.29, 1.82) is 0 Å². The Hall–Kier alpha value is -2.84. The van der Waals surface area contributed by atoms with Crippen LogP contribution in [0, 0.1) is 0 Å². The van der Waals surface area contributed by atoms with Crippen LogP contribution in [0.3, 0.4) is 0 Å². The molecule has 0 unspecified atom stereocenters. The zero-order chi connectivity index (χ0) is 20.2. The van der Waals surface area contributed by atoms with Crippen LogP contribution in [-0.4, -0.2) is 34.0 Å². The van der Waals surface area contributed by atoms with Crippen molar-refractivity contribution in [2.75, 3.05) is 14.2 Å². The molecule has 0 saturated heterocycles. The van der Waals surface area contributed by atoms with Crippen LogP contribution in [0.4, 0.5) is 0 Å². The average molecular weight is 425 g/mol. The summed E-state index contributed by atoms with van der Waals surface area (Å²) in [6.07, 6.45) is 0. The highest BCUT2D eigenvalue weighted by molar-refractivity contribution is 7.98. The van der Waals surface area contributed by atoms with Gasteiger partial charge in [-0.15, -0.1) is 21.5 Å². The highest BCUT2D eigenvalue weighted by Gasteiger charge is 2.16. The molecule has 0 atom stereocenters. The third-order valence-corrected chi connectivity index (χ3v) is 6.40. The maximum Gasteiger partial charge on any atom is 0.191 e. The Kier molecular flexibility index (Phi) is 5.82. The molecule has 0 spiro atoms. The first-order chi connectivity index (χ1) is 14.2. The molecule has 8 heteroatoms. The van der Waals surface area contributed by atoms with Crippen LogP contribution in [0.15, 0.2) is 59.1 Å². The fraction of sp³-hybridized carbons (Fsp3) is 0.190. The Morgan fingerprint density at radius 1 is 0.931 bits per heavy atom. The van der Waals surface area contributed by atoms with Crippen LogP contribution in [0.25, 0.3) is 22.0 Å². The quantitative estimate of drug-likeness (QED) is 0.393. The van der Waals surface area contributed by atoms with Crippen LogP contribution in [-0.2, 0) is 12.8 Å². The average Bonchev–Trinajstić information content (AvgIpc) is 3.38. The smallest absolute Gasteiger partial charge is 0.191 e. The van der Waals surface area contributed by atoms with E-state index in [9.17, 15) is 0 Å². The zero-order valence-corrected chi connectivity index (χ0v) is 18.0. The second kappa shape index (κ2) is 8.67. The fourth-order valence-electron chi connectivity index (χ4n) is 2.96. The maximum absolute atomic E-state index is 5.45. The molecular weight excluding hydrogens is 404 g/mol. The minimum Gasteiger partial charge on any atom is -0.496 e. The van der Waals surface area contributed by atoms with Gasteiger partial charge < -0.3 is 14.0 Å². The van der Waals surface area contributed by atoms with Crippen molar-refractivity contribution in [3.8, 4) is 33.5 Å². The predicted molar refractivity (Wildman–Crippen MR) is 117 cm³/mol. The number of nitrogens with zero attached hydrogens (tertiary/aromatic N) is 4. The van der Waals surface area contributed by atoms with Gasteiger partial charge in [0.1, 0.15) is 16.5 Å². The molecule has 0 aliphatic rings. The topological polar surface area (TPSA) is 62.1 Å². The molecule has 0 amide bonds. The standard InChI is InChI=1S/C21H20N4O2S2/c1-25-19(15-8-4-6-10-17(15)26-2)23-24-21(25)29-13-14-12-28-20(22-14)16-9-5-7-11-18(16)27-3/h4-12H,13H2,1-3H3. The number of aromatic nitrogens is 4. The second-order valence-electron chi connectivity index (χ2n) is 6.20. The van der Waals surface area contributed by atoms with Gasteiger partial charge >= 0.3 is 0 Å². The Morgan fingerprint density at radius 3 is 2.31 bits per heavy atom. The van der Waals surface area contributed by atoms with E-state index in [1.54, 1.807) is 37.3 Å². The van der Waals surface area contributed by atoms with E-state index in [4.69, 9.17) is 14.5 Å². The highest BCUT2D eigenvalue weighted by atomic mass is 32.2. The lowest BCUT2D eigenvalue weighted by Gasteiger charge is -2.07. The van der Waals surface area contributed by atoms with Gasteiger partial charge in [0.15, 0.2) is 11.0 Å². The van der Waals surface area contributed by atoms with E-state index in [2.05, 4.69) is 15.6 Å². The molecule has 0 radical (unpaired) electrons. The summed E-state index contributed by atoms with van der Waals surface area (Å²) in [6, 6.07) is 15.7. The van der Waals surface area contributed by atoms with Crippen molar-refractivity contribution in [3.63, 3.8) is 0 Å². The molecule has 0 saturated carbocycles. The van der Waals surface area contributed by atoms with Crippen molar-refractivity contribution < 1.29 is 9.47 Å². The molecule has 0 bridgehead atoms. The van der Waals surface area contributed by atoms with E-state index < -0.39 is 0 Å². The van der Waals surface area contributed by atoms with Crippen molar-refractivity contribution >= 4 is 23.1 Å². The van der Waals surface area contributed by atoms with Gasteiger partial charge in [0.25, 0.3) is 0 Å². The fourth-order valence-corrected chi connectivity index (χ4v) is 4.72. The van der Waals surface area contributed by atoms with Gasteiger partial charge in [-0.2, -0.15) is 0 Å². The summed E-state index contributed by atoms with van der Waals surface area (Å²) in [7, 11) is 5.30. The van der Waals surface area contributed by atoms with Gasteiger partial charge in [0.05, 0.1) is 31.0 Å². The van der Waals surface area contributed by atoms with E-state index >= 15 is 0 Å². The zero-order valence-electron chi connectivity index (χ0n) is 16.3. The third kappa shape index (κ3) is 3.99. The molecule has 0 N–H and O–H groups in total. The largest absolute Gasteiger partial charge is 0.496 e. The van der Waals surface area contributed by atoms with E-state index in [1.807, 2.05) is 60.1 Å². The number of hydrogen-bond donors (Lipinski definition) is 0. The summed E-state index contributed by atoms with van der Waals surface area (Å²) < 4.78 is 12.9. The Balaban J connectivity index is 1.51. The Bertz CT molecular complexity index is 1120. The molecule has 4 rings (SSSR count). The predicted octanol–water partition coefficient (Wildman–Crippen LogP) is 4.92. The number of benzene rings is 2. The first-order valence-corrected chi connectivity index (χ1v) is 10.8. The van der Waals surface area contributed by atoms with E-state index in [1.165, 1.54) is 0 Å². The number of ether oxygens (including phenoxy) is 2. The van der Waals surface area contributed by atoms with E-state index in [0.717, 1.165) is 44.3 Å². The number of para-hydroxylation sites is 2. The van der Waals surface area contributed by atoms with Crippen molar-refractivity contribution in [1.82, 2.24) is 19.7 Å². The molecule has 2 heterocycles. The maximum atomic E-state index is 5.45. The van der Waals surface area contributed by atoms with E-state index in [0.29, 0.717) is 5.75 Å². The van der Waals surface area contributed by atoms with Crippen molar-refractivity contribution in [3.05, 3.63) is 59.6 Å². The first kappa shape index (κ1) is 19.5. The molecule has 2 aromatic carbocycles. The summed E-state index contributed by atoms with van der Waals surface area (Å²) >= 11 is 3.22. The van der Waals surface area contributed by atoms with Gasteiger partial charge in [-0.3, -0.25) is 0 Å². The van der Waals surface area contributed by atoms with Crippen molar-refractivity contribution in [2.45, 2.75) is 10.9 Å². The molecule has 6 nitrogen and oxygen atoms in total. The van der Waals surface area contributed by atoms with Gasteiger partial charge in [-0.05, 0) is 24.3 Å². The molecule has 2 aromatic heterocycles. The van der Waals surface area contributed by atoms with E-state index in [-0.39, 0.29) is 0 Å². The Morgan fingerprint density at radius 2 is 1.59 bits per heavy atom. The lowest BCUT2D eigenvalue weighted by Crippen LogP contribution is -1.97. The van der Waals surface area contributed by atoms with Gasteiger partial charge in [0.2, 0.25) is 0 Å². The third-order valence-electron chi connectivity index (χ3n) is 4.42. The molecule has 4 aromatic rings. The summed E-state index contributed by atoms with van der Waals surface area (Å²) in [5.74, 6) is 3.10. The number of thioether (sulfide) groups is 1. The van der Waals surface area contributed by atoms with Gasteiger partial charge in [-0.1, -0.05) is 36.0 Å². The van der Waals surface area contributed by atoms with Gasteiger partial charge in [0, 0.05) is 18.2 Å². The van der Waals surface area contributed by atoms with Crippen LogP contribution >= 0.6 is 23.1 Å². The number of thiazole rings is 1. The molecule has 0 fully saturated rings. The second-order valence-corrected chi connectivity index (χ2v) is 8.00. The lowest BCUT2D eigenvalue weighted by atomic mass is 10.2. The summed E-state index contributed by atoms with van der Waals surface area (Å²) in [5, 5.41) is 12.6. The highest BCUT2D eigenvalue weighted by Crippen LogP contribution is 2.34. The molecular formula is C21H20N4O2S2. The monoisotopic (exact) mass is 424 g/mol. The molecule has 29 heavy (non-hydrogen) atoms. The van der Waals surface area contributed by atoms with Crippen LogP contribution < -0.4 is 9.47 Å². The lowest BCUT2D eigenvalue weighted by molar-refractivity contribution is 0.416. The van der Waals surface area contributed by atoms with Crippen LogP contribution in [0.5, 0.6) is 11.5 Å². The van der Waals surface area contributed by atoms with Crippen LogP contribution in [0.2, 0.25) is 0 Å². The van der Waals surface area contributed by atoms with Gasteiger partial charge in [-0.25, -0.2) is 4.98 Å². The Labute approximate surface area is 177 Å². The molecule has 0 aliphatic heterocycles.